The Morgan fingerprint density at radius 2 is 2.38 bits per heavy atom. The first-order valence-corrected chi connectivity index (χ1v) is 6.20. The zero-order valence-corrected chi connectivity index (χ0v) is 9.70. The number of nitrogens with zero attached hydrogens (tertiary/aromatic N) is 1. The average molecular weight is 235 g/mol. The SMILES string of the molecule is O=CCCCCc1nc(-c2cccs2)co1. The van der Waals surface area contributed by atoms with E-state index in [0.29, 0.717) is 6.42 Å². The van der Waals surface area contributed by atoms with Gasteiger partial charge in [0.1, 0.15) is 18.2 Å². The van der Waals surface area contributed by atoms with Gasteiger partial charge in [-0.15, -0.1) is 11.3 Å². The minimum absolute atomic E-state index is 0.624. The molecule has 0 fully saturated rings. The lowest BCUT2D eigenvalue weighted by molar-refractivity contribution is -0.107. The van der Waals surface area contributed by atoms with E-state index in [0.717, 1.165) is 42.0 Å². The van der Waals surface area contributed by atoms with E-state index in [2.05, 4.69) is 4.98 Å². The van der Waals surface area contributed by atoms with Crippen LogP contribution >= 0.6 is 11.3 Å². The van der Waals surface area contributed by atoms with Gasteiger partial charge in [-0.3, -0.25) is 0 Å². The molecule has 0 saturated heterocycles. The molecule has 0 saturated carbocycles. The Hall–Kier alpha value is -1.42. The lowest BCUT2D eigenvalue weighted by Gasteiger charge is -1.92. The van der Waals surface area contributed by atoms with Gasteiger partial charge in [-0.2, -0.15) is 0 Å². The van der Waals surface area contributed by atoms with Crippen LogP contribution in [0.2, 0.25) is 0 Å². The van der Waals surface area contributed by atoms with Crippen molar-refractivity contribution in [2.45, 2.75) is 25.7 Å². The van der Waals surface area contributed by atoms with Crippen LogP contribution in [0.1, 0.15) is 25.2 Å². The van der Waals surface area contributed by atoms with E-state index in [9.17, 15) is 4.79 Å². The molecule has 0 spiro atoms. The quantitative estimate of drug-likeness (QED) is 0.570. The van der Waals surface area contributed by atoms with Gasteiger partial charge in [-0.25, -0.2) is 4.98 Å². The van der Waals surface area contributed by atoms with E-state index in [1.807, 2.05) is 17.5 Å². The van der Waals surface area contributed by atoms with E-state index in [1.165, 1.54) is 0 Å². The van der Waals surface area contributed by atoms with E-state index < -0.39 is 0 Å². The van der Waals surface area contributed by atoms with E-state index in [1.54, 1.807) is 17.6 Å². The van der Waals surface area contributed by atoms with Crippen LogP contribution in [-0.2, 0) is 11.2 Å². The Kier molecular flexibility index (Phi) is 3.88. The van der Waals surface area contributed by atoms with Crippen molar-refractivity contribution in [2.75, 3.05) is 0 Å². The second-order valence-electron chi connectivity index (χ2n) is 3.52. The molecule has 2 heterocycles. The van der Waals surface area contributed by atoms with Crippen molar-refractivity contribution in [2.24, 2.45) is 0 Å². The summed E-state index contributed by atoms with van der Waals surface area (Å²) in [5, 5.41) is 2.02. The molecule has 4 heteroatoms. The number of thiophene rings is 1. The molecule has 0 unspecified atom stereocenters. The van der Waals surface area contributed by atoms with Crippen molar-refractivity contribution < 1.29 is 9.21 Å². The summed E-state index contributed by atoms with van der Waals surface area (Å²) in [7, 11) is 0. The fourth-order valence-electron chi connectivity index (χ4n) is 1.47. The van der Waals surface area contributed by atoms with Crippen LogP contribution in [0, 0.1) is 0 Å². The van der Waals surface area contributed by atoms with Crippen LogP contribution in [-0.4, -0.2) is 11.3 Å². The molecule has 2 aromatic rings. The monoisotopic (exact) mass is 235 g/mol. The summed E-state index contributed by atoms with van der Waals surface area (Å²) in [6, 6.07) is 4.02. The number of hydrogen-bond donors (Lipinski definition) is 0. The van der Waals surface area contributed by atoms with Gasteiger partial charge >= 0.3 is 0 Å². The zero-order valence-electron chi connectivity index (χ0n) is 8.89. The maximum atomic E-state index is 10.1. The van der Waals surface area contributed by atoms with E-state index in [4.69, 9.17) is 4.42 Å². The number of carbonyl (C=O) groups excluding carboxylic acids is 1. The van der Waals surface area contributed by atoms with Crippen LogP contribution in [0.3, 0.4) is 0 Å². The number of carbonyl (C=O) groups is 1. The first kappa shape index (κ1) is 11.1. The molecule has 16 heavy (non-hydrogen) atoms. The summed E-state index contributed by atoms with van der Waals surface area (Å²) in [6.07, 6.45) is 5.93. The van der Waals surface area contributed by atoms with Gasteiger partial charge in [0, 0.05) is 12.8 Å². The van der Waals surface area contributed by atoms with Crippen molar-refractivity contribution in [3.8, 4) is 10.6 Å². The molecule has 0 N–H and O–H groups in total. The third-order valence-electron chi connectivity index (χ3n) is 2.29. The van der Waals surface area contributed by atoms with Crippen molar-refractivity contribution in [1.82, 2.24) is 4.98 Å². The molecular weight excluding hydrogens is 222 g/mol. The van der Waals surface area contributed by atoms with E-state index in [-0.39, 0.29) is 0 Å². The fourth-order valence-corrected chi connectivity index (χ4v) is 2.14. The van der Waals surface area contributed by atoms with Crippen LogP contribution in [0.4, 0.5) is 0 Å². The minimum atomic E-state index is 0.624. The van der Waals surface area contributed by atoms with Gasteiger partial charge in [-0.1, -0.05) is 6.07 Å². The first-order valence-electron chi connectivity index (χ1n) is 5.32. The average Bonchev–Trinajstić information content (AvgIpc) is 2.94. The maximum absolute atomic E-state index is 10.1. The smallest absolute Gasteiger partial charge is 0.194 e. The summed E-state index contributed by atoms with van der Waals surface area (Å²) in [5.41, 5.74) is 0.903. The third kappa shape index (κ3) is 2.79. The van der Waals surface area contributed by atoms with Gasteiger partial charge < -0.3 is 9.21 Å². The standard InChI is InChI=1S/C12H13NO2S/c14-7-3-1-2-6-12-13-10(9-15-12)11-5-4-8-16-11/h4-5,7-9H,1-3,6H2. The Labute approximate surface area is 98.1 Å². The second-order valence-corrected chi connectivity index (χ2v) is 4.46. The topological polar surface area (TPSA) is 43.1 Å². The van der Waals surface area contributed by atoms with Crippen LogP contribution < -0.4 is 0 Å². The molecular formula is C12H13NO2S. The van der Waals surface area contributed by atoms with Gasteiger partial charge in [-0.05, 0) is 24.3 Å². The largest absolute Gasteiger partial charge is 0.448 e. The molecule has 0 aliphatic rings. The Morgan fingerprint density at radius 1 is 1.44 bits per heavy atom. The molecule has 0 radical (unpaired) electrons. The number of aryl methyl sites for hydroxylation is 1. The molecule has 0 bridgehead atoms. The van der Waals surface area contributed by atoms with E-state index >= 15 is 0 Å². The highest BCUT2D eigenvalue weighted by molar-refractivity contribution is 7.13. The lowest BCUT2D eigenvalue weighted by atomic mass is 10.2. The summed E-state index contributed by atoms with van der Waals surface area (Å²) in [6.45, 7) is 0. The summed E-state index contributed by atoms with van der Waals surface area (Å²) < 4.78 is 5.38. The van der Waals surface area contributed by atoms with Crippen LogP contribution in [0.25, 0.3) is 10.6 Å². The Bertz CT molecular complexity index is 434. The molecule has 2 rings (SSSR count). The lowest BCUT2D eigenvalue weighted by Crippen LogP contribution is -1.86. The predicted molar refractivity (Wildman–Crippen MR) is 63.4 cm³/mol. The van der Waals surface area contributed by atoms with Gasteiger partial charge in [0.15, 0.2) is 5.89 Å². The summed E-state index contributed by atoms with van der Waals surface area (Å²) in [5.74, 6) is 0.759. The summed E-state index contributed by atoms with van der Waals surface area (Å²) >= 11 is 1.65. The van der Waals surface area contributed by atoms with Gasteiger partial charge in [0.05, 0.1) is 4.88 Å². The highest BCUT2D eigenvalue weighted by atomic mass is 32.1. The highest BCUT2D eigenvalue weighted by Gasteiger charge is 2.06. The van der Waals surface area contributed by atoms with Crippen molar-refractivity contribution in [3.05, 3.63) is 29.7 Å². The van der Waals surface area contributed by atoms with Gasteiger partial charge in [0.25, 0.3) is 0 Å². The number of aromatic nitrogens is 1. The normalized spacial score (nSPS) is 10.5. The second kappa shape index (κ2) is 5.61. The molecule has 0 aliphatic heterocycles. The predicted octanol–water partition coefficient (Wildman–Crippen LogP) is 3.31. The Morgan fingerprint density at radius 3 is 3.12 bits per heavy atom. The van der Waals surface area contributed by atoms with Crippen LogP contribution in [0.5, 0.6) is 0 Å². The van der Waals surface area contributed by atoms with Crippen LogP contribution in [0.15, 0.2) is 28.2 Å². The van der Waals surface area contributed by atoms with Crippen molar-refractivity contribution in [3.63, 3.8) is 0 Å². The number of rotatable bonds is 6. The number of oxazole rings is 1. The molecule has 0 aromatic carbocycles. The molecule has 3 nitrogen and oxygen atoms in total. The number of hydrogen-bond acceptors (Lipinski definition) is 4. The molecule has 0 aliphatic carbocycles. The van der Waals surface area contributed by atoms with Gasteiger partial charge in [0.2, 0.25) is 0 Å². The summed E-state index contributed by atoms with van der Waals surface area (Å²) in [4.78, 5) is 15.7. The zero-order chi connectivity index (χ0) is 11.2. The molecule has 84 valence electrons. The third-order valence-corrected chi connectivity index (χ3v) is 3.18. The van der Waals surface area contributed by atoms with Crippen molar-refractivity contribution >= 4 is 17.6 Å². The number of aldehydes is 1. The van der Waals surface area contributed by atoms with Crippen molar-refractivity contribution in [1.29, 1.82) is 0 Å². The molecule has 0 atom stereocenters. The minimum Gasteiger partial charge on any atom is -0.448 e. The molecule has 2 aromatic heterocycles. The molecule has 0 amide bonds. The maximum Gasteiger partial charge on any atom is 0.194 e. The Balaban J connectivity index is 1.90. The first-order chi connectivity index (χ1) is 7.90. The number of unbranched alkanes of at least 4 members (excludes halogenated alkanes) is 2. The fraction of sp³-hybridized carbons (Fsp3) is 0.333. The highest BCUT2D eigenvalue weighted by Crippen LogP contribution is 2.23.